The van der Waals surface area contributed by atoms with E-state index in [-0.39, 0.29) is 0 Å². The molecule has 0 radical (unpaired) electrons. The van der Waals surface area contributed by atoms with E-state index in [9.17, 15) is 0 Å². The van der Waals surface area contributed by atoms with Crippen molar-refractivity contribution < 1.29 is 0 Å². The Hall–Kier alpha value is -1.83. The molecular formula is C11H10N2. The van der Waals surface area contributed by atoms with Gasteiger partial charge < -0.3 is 4.98 Å². The predicted octanol–water partition coefficient (Wildman–Crippen LogP) is 2.77. The lowest BCUT2D eigenvalue weighted by molar-refractivity contribution is 1.38. The first-order chi connectivity index (χ1) is 6.45. The van der Waals surface area contributed by atoms with E-state index in [1.54, 1.807) is 0 Å². The molecule has 0 aliphatic rings. The fourth-order valence-electron chi connectivity index (χ4n) is 1.08. The van der Waals surface area contributed by atoms with Crippen LogP contribution in [0.5, 0.6) is 0 Å². The van der Waals surface area contributed by atoms with Gasteiger partial charge in [0.25, 0.3) is 0 Å². The molecule has 64 valence electrons. The van der Waals surface area contributed by atoms with Gasteiger partial charge in [0.1, 0.15) is 0 Å². The van der Waals surface area contributed by atoms with E-state index >= 15 is 0 Å². The first-order valence-electron chi connectivity index (χ1n) is 4.18. The van der Waals surface area contributed by atoms with Gasteiger partial charge in [-0.1, -0.05) is 18.2 Å². The quantitative estimate of drug-likeness (QED) is 0.671. The normalized spacial score (nSPS) is 10.8. The molecule has 1 aromatic carbocycles. The standard InChI is InChI=1S/C11H10N2/c1-2-5-10(6-3-1)13-9-11-7-4-8-12-11/h1-9,12H. The first kappa shape index (κ1) is 7.80. The van der Waals surface area contributed by atoms with Crippen LogP contribution in [0.15, 0.2) is 53.7 Å². The van der Waals surface area contributed by atoms with E-state index < -0.39 is 0 Å². The fourth-order valence-corrected chi connectivity index (χ4v) is 1.08. The van der Waals surface area contributed by atoms with Gasteiger partial charge in [0, 0.05) is 6.20 Å². The third-order valence-corrected chi connectivity index (χ3v) is 1.73. The van der Waals surface area contributed by atoms with Gasteiger partial charge in [-0.3, -0.25) is 4.99 Å². The molecule has 0 saturated heterocycles. The lowest BCUT2D eigenvalue weighted by atomic mass is 10.3. The van der Waals surface area contributed by atoms with E-state index in [2.05, 4.69) is 9.98 Å². The maximum Gasteiger partial charge on any atom is 0.0630 e. The molecule has 0 amide bonds. The van der Waals surface area contributed by atoms with Crippen LogP contribution < -0.4 is 0 Å². The molecule has 2 heteroatoms. The fraction of sp³-hybridized carbons (Fsp3) is 0. The molecule has 0 fully saturated rings. The van der Waals surface area contributed by atoms with Crippen LogP contribution in [0.3, 0.4) is 0 Å². The Kier molecular flexibility index (Phi) is 2.23. The number of benzene rings is 1. The highest BCUT2D eigenvalue weighted by molar-refractivity contribution is 5.79. The van der Waals surface area contributed by atoms with E-state index in [0.717, 1.165) is 11.4 Å². The van der Waals surface area contributed by atoms with Crippen molar-refractivity contribution in [2.45, 2.75) is 0 Å². The Bertz CT molecular complexity index is 374. The summed E-state index contributed by atoms with van der Waals surface area (Å²) in [6.45, 7) is 0. The van der Waals surface area contributed by atoms with Gasteiger partial charge in [-0.05, 0) is 24.3 Å². The minimum Gasteiger partial charge on any atom is -0.360 e. The summed E-state index contributed by atoms with van der Waals surface area (Å²) in [7, 11) is 0. The van der Waals surface area contributed by atoms with Crippen LogP contribution in [0.1, 0.15) is 5.69 Å². The monoisotopic (exact) mass is 170 g/mol. The maximum atomic E-state index is 4.29. The number of hydrogen-bond donors (Lipinski definition) is 1. The number of aromatic amines is 1. The zero-order chi connectivity index (χ0) is 8.93. The van der Waals surface area contributed by atoms with Crippen LogP contribution in [0, 0.1) is 0 Å². The van der Waals surface area contributed by atoms with E-state index in [4.69, 9.17) is 0 Å². The lowest BCUT2D eigenvalue weighted by Gasteiger charge is -1.89. The van der Waals surface area contributed by atoms with E-state index in [0.29, 0.717) is 0 Å². The molecule has 1 aromatic heterocycles. The zero-order valence-electron chi connectivity index (χ0n) is 7.14. The van der Waals surface area contributed by atoms with E-state index in [1.165, 1.54) is 0 Å². The van der Waals surface area contributed by atoms with Crippen LogP contribution in [-0.4, -0.2) is 11.2 Å². The summed E-state index contributed by atoms with van der Waals surface area (Å²) in [5, 5.41) is 0. The molecule has 2 nitrogen and oxygen atoms in total. The van der Waals surface area contributed by atoms with Crippen molar-refractivity contribution in [3.8, 4) is 0 Å². The number of H-pyrrole nitrogens is 1. The molecular weight excluding hydrogens is 160 g/mol. The second kappa shape index (κ2) is 3.72. The van der Waals surface area contributed by atoms with Crippen molar-refractivity contribution in [1.82, 2.24) is 4.98 Å². The average molecular weight is 170 g/mol. The number of hydrogen-bond acceptors (Lipinski definition) is 1. The van der Waals surface area contributed by atoms with Gasteiger partial charge in [0.15, 0.2) is 0 Å². The van der Waals surface area contributed by atoms with Crippen molar-refractivity contribution in [2.75, 3.05) is 0 Å². The molecule has 1 heterocycles. The van der Waals surface area contributed by atoms with Crippen molar-refractivity contribution in [3.63, 3.8) is 0 Å². The SMILES string of the molecule is C(=Nc1ccccc1)c1ccc[nH]1. The smallest absolute Gasteiger partial charge is 0.0630 e. The summed E-state index contributed by atoms with van der Waals surface area (Å²) in [5.74, 6) is 0. The highest BCUT2D eigenvalue weighted by Gasteiger charge is 1.86. The molecule has 0 aliphatic carbocycles. The molecule has 0 bridgehead atoms. The Morgan fingerprint density at radius 3 is 2.54 bits per heavy atom. The van der Waals surface area contributed by atoms with Gasteiger partial charge in [-0.15, -0.1) is 0 Å². The molecule has 2 rings (SSSR count). The van der Waals surface area contributed by atoms with Crippen LogP contribution in [0.25, 0.3) is 0 Å². The third-order valence-electron chi connectivity index (χ3n) is 1.73. The molecule has 0 aliphatic heterocycles. The maximum absolute atomic E-state index is 4.29. The first-order valence-corrected chi connectivity index (χ1v) is 4.18. The minimum absolute atomic E-state index is 0.970. The van der Waals surface area contributed by atoms with Gasteiger partial charge in [0.2, 0.25) is 0 Å². The topological polar surface area (TPSA) is 28.1 Å². The molecule has 0 spiro atoms. The van der Waals surface area contributed by atoms with Crippen LogP contribution in [-0.2, 0) is 0 Å². The lowest BCUT2D eigenvalue weighted by Crippen LogP contribution is -1.77. The summed E-state index contributed by atoms with van der Waals surface area (Å²) in [6, 6.07) is 13.8. The Morgan fingerprint density at radius 1 is 1.00 bits per heavy atom. The number of nitrogens with zero attached hydrogens (tertiary/aromatic N) is 1. The van der Waals surface area contributed by atoms with Crippen LogP contribution >= 0.6 is 0 Å². The second-order valence-electron chi connectivity index (χ2n) is 2.72. The highest BCUT2D eigenvalue weighted by atomic mass is 14.8. The summed E-state index contributed by atoms with van der Waals surface area (Å²) in [6.07, 6.45) is 3.70. The number of nitrogens with one attached hydrogen (secondary N) is 1. The van der Waals surface area contributed by atoms with Crippen molar-refractivity contribution in [1.29, 1.82) is 0 Å². The average Bonchev–Trinajstić information content (AvgIpc) is 2.69. The third kappa shape index (κ3) is 2.06. The molecule has 13 heavy (non-hydrogen) atoms. The van der Waals surface area contributed by atoms with Crippen molar-refractivity contribution in [3.05, 3.63) is 54.4 Å². The van der Waals surface area contributed by atoms with E-state index in [1.807, 2.05) is 54.9 Å². The summed E-state index contributed by atoms with van der Waals surface area (Å²) in [4.78, 5) is 7.35. The van der Waals surface area contributed by atoms with Gasteiger partial charge in [-0.25, -0.2) is 0 Å². The largest absolute Gasteiger partial charge is 0.360 e. The molecule has 1 N–H and O–H groups in total. The van der Waals surface area contributed by atoms with Crippen molar-refractivity contribution in [2.24, 2.45) is 4.99 Å². The Labute approximate surface area is 77.0 Å². The van der Waals surface area contributed by atoms with Gasteiger partial charge in [0.05, 0.1) is 17.6 Å². The Balaban J connectivity index is 2.15. The van der Waals surface area contributed by atoms with Crippen LogP contribution in [0.2, 0.25) is 0 Å². The van der Waals surface area contributed by atoms with Gasteiger partial charge >= 0.3 is 0 Å². The predicted molar refractivity (Wildman–Crippen MR) is 54.5 cm³/mol. The van der Waals surface area contributed by atoms with Crippen molar-refractivity contribution >= 4 is 11.9 Å². The number of aliphatic imine (C=N–C) groups is 1. The van der Waals surface area contributed by atoms with Gasteiger partial charge in [-0.2, -0.15) is 0 Å². The molecule has 0 atom stereocenters. The van der Waals surface area contributed by atoms with Crippen LogP contribution in [0.4, 0.5) is 5.69 Å². The molecule has 0 unspecified atom stereocenters. The molecule has 0 saturated carbocycles. The second-order valence-corrected chi connectivity index (χ2v) is 2.72. The number of aromatic nitrogens is 1. The summed E-state index contributed by atoms with van der Waals surface area (Å²) >= 11 is 0. The Morgan fingerprint density at radius 2 is 1.85 bits per heavy atom. The number of para-hydroxylation sites is 1. The molecule has 2 aromatic rings. The minimum atomic E-state index is 0.970. The summed E-state index contributed by atoms with van der Waals surface area (Å²) < 4.78 is 0. The zero-order valence-corrected chi connectivity index (χ0v) is 7.14. The summed E-state index contributed by atoms with van der Waals surface area (Å²) in [5.41, 5.74) is 1.99. The highest BCUT2D eigenvalue weighted by Crippen LogP contribution is 2.08. The number of rotatable bonds is 2.